The Hall–Kier alpha value is -1.51. The molecule has 0 amide bonds. The van der Waals surface area contributed by atoms with Crippen molar-refractivity contribution in [2.24, 2.45) is 0 Å². The zero-order valence-electron chi connectivity index (χ0n) is 8.69. The first-order chi connectivity index (χ1) is 7.22. The lowest BCUT2D eigenvalue weighted by molar-refractivity contribution is 0.0691. The van der Waals surface area contributed by atoms with E-state index in [0.29, 0.717) is 5.75 Å². The second-order valence-corrected chi connectivity index (χ2v) is 3.77. The molecule has 0 unspecified atom stereocenters. The quantitative estimate of drug-likeness (QED) is 0.823. The number of carbonyl (C=O) groups is 1. The Bertz CT molecular complexity index is 380. The van der Waals surface area contributed by atoms with Gasteiger partial charge in [0.1, 0.15) is 11.3 Å². The van der Waals surface area contributed by atoms with Gasteiger partial charge >= 0.3 is 5.97 Å². The molecular formula is C12H14O3. The lowest BCUT2D eigenvalue weighted by Gasteiger charge is -2.12. The Morgan fingerprint density at radius 3 is 2.80 bits per heavy atom. The molecule has 0 aromatic heterocycles. The molecule has 1 fully saturated rings. The summed E-state index contributed by atoms with van der Waals surface area (Å²) in [5.41, 5.74) is 1.25. The van der Waals surface area contributed by atoms with Crippen LogP contribution in [0.2, 0.25) is 0 Å². The van der Waals surface area contributed by atoms with Gasteiger partial charge in [-0.25, -0.2) is 4.79 Å². The predicted octanol–water partition coefficient (Wildman–Crippen LogP) is 2.49. The van der Waals surface area contributed by atoms with Crippen molar-refractivity contribution >= 4 is 5.97 Å². The third-order valence-corrected chi connectivity index (χ3v) is 2.52. The van der Waals surface area contributed by atoms with Gasteiger partial charge < -0.3 is 9.84 Å². The molecule has 0 aliphatic heterocycles. The van der Waals surface area contributed by atoms with Crippen LogP contribution in [0.4, 0.5) is 0 Å². The van der Waals surface area contributed by atoms with Crippen LogP contribution in [0.15, 0.2) is 18.2 Å². The Morgan fingerprint density at radius 1 is 1.53 bits per heavy atom. The number of rotatable bonds is 4. The van der Waals surface area contributed by atoms with Gasteiger partial charge in [0.05, 0.1) is 6.10 Å². The Labute approximate surface area is 88.7 Å². The van der Waals surface area contributed by atoms with Gasteiger partial charge in [0, 0.05) is 0 Å². The number of para-hydroxylation sites is 1. The van der Waals surface area contributed by atoms with Gasteiger partial charge in [0.2, 0.25) is 0 Å². The van der Waals surface area contributed by atoms with Gasteiger partial charge in [0.15, 0.2) is 0 Å². The van der Waals surface area contributed by atoms with Crippen molar-refractivity contribution in [3.05, 3.63) is 29.3 Å². The van der Waals surface area contributed by atoms with Crippen LogP contribution < -0.4 is 4.74 Å². The van der Waals surface area contributed by atoms with Crippen molar-refractivity contribution in [1.29, 1.82) is 0 Å². The second-order valence-electron chi connectivity index (χ2n) is 3.77. The maximum absolute atomic E-state index is 11.0. The van der Waals surface area contributed by atoms with Crippen molar-refractivity contribution < 1.29 is 14.6 Å². The number of carboxylic acids is 1. The number of ether oxygens (including phenoxy) is 1. The van der Waals surface area contributed by atoms with Crippen LogP contribution in [0, 0.1) is 0 Å². The second kappa shape index (κ2) is 3.93. The fourth-order valence-electron chi connectivity index (χ4n) is 1.52. The van der Waals surface area contributed by atoms with E-state index in [1.54, 1.807) is 12.1 Å². The summed E-state index contributed by atoms with van der Waals surface area (Å²) in [5, 5.41) is 9.04. The van der Waals surface area contributed by atoms with E-state index in [9.17, 15) is 4.79 Å². The molecule has 0 atom stereocenters. The van der Waals surface area contributed by atoms with Crippen LogP contribution in [-0.2, 0) is 6.42 Å². The molecule has 1 aliphatic carbocycles. The smallest absolute Gasteiger partial charge is 0.339 e. The molecule has 15 heavy (non-hydrogen) atoms. The first-order valence-corrected chi connectivity index (χ1v) is 5.24. The molecule has 0 bridgehead atoms. The van der Waals surface area contributed by atoms with Crippen LogP contribution in [0.5, 0.6) is 5.75 Å². The molecule has 0 radical (unpaired) electrons. The number of carboxylic acid groups (broad SMARTS) is 1. The third kappa shape index (κ3) is 2.12. The number of aromatic carboxylic acids is 1. The summed E-state index contributed by atoms with van der Waals surface area (Å²) < 4.78 is 5.66. The van der Waals surface area contributed by atoms with E-state index in [1.807, 2.05) is 13.0 Å². The fraction of sp³-hybridized carbons (Fsp3) is 0.417. The summed E-state index contributed by atoms with van der Waals surface area (Å²) in [6, 6.07) is 5.28. The van der Waals surface area contributed by atoms with Crippen LogP contribution in [0.1, 0.15) is 35.7 Å². The van der Waals surface area contributed by atoms with Crippen molar-refractivity contribution in [1.82, 2.24) is 0 Å². The molecule has 3 nitrogen and oxygen atoms in total. The lowest BCUT2D eigenvalue weighted by atomic mass is 10.1. The molecule has 0 heterocycles. The molecule has 3 heteroatoms. The molecule has 1 aromatic rings. The van der Waals surface area contributed by atoms with Crippen molar-refractivity contribution in [3.8, 4) is 5.75 Å². The van der Waals surface area contributed by atoms with Crippen LogP contribution in [0.25, 0.3) is 0 Å². The van der Waals surface area contributed by atoms with E-state index in [2.05, 4.69) is 0 Å². The van der Waals surface area contributed by atoms with Crippen LogP contribution in [0.3, 0.4) is 0 Å². The normalized spacial score (nSPS) is 15.0. The maximum Gasteiger partial charge on any atom is 0.339 e. The van der Waals surface area contributed by atoms with Gasteiger partial charge in [0.25, 0.3) is 0 Å². The Kier molecular flexibility index (Phi) is 2.62. The van der Waals surface area contributed by atoms with Gasteiger partial charge in [-0.15, -0.1) is 0 Å². The SMILES string of the molecule is CCc1cccc(C(=O)O)c1OC1CC1. The third-order valence-electron chi connectivity index (χ3n) is 2.52. The molecule has 80 valence electrons. The topological polar surface area (TPSA) is 46.5 Å². The highest BCUT2D eigenvalue weighted by atomic mass is 16.5. The summed E-state index contributed by atoms with van der Waals surface area (Å²) in [7, 11) is 0. The van der Waals surface area contributed by atoms with E-state index >= 15 is 0 Å². The van der Waals surface area contributed by atoms with Gasteiger partial charge in [-0.2, -0.15) is 0 Å². The predicted molar refractivity (Wildman–Crippen MR) is 56.4 cm³/mol. The van der Waals surface area contributed by atoms with Gasteiger partial charge in [-0.3, -0.25) is 0 Å². The number of benzene rings is 1. The van der Waals surface area contributed by atoms with Crippen LogP contribution in [-0.4, -0.2) is 17.2 Å². The van der Waals surface area contributed by atoms with Crippen LogP contribution >= 0.6 is 0 Å². The molecule has 1 saturated carbocycles. The molecule has 2 rings (SSSR count). The average molecular weight is 206 g/mol. The first-order valence-electron chi connectivity index (χ1n) is 5.24. The Morgan fingerprint density at radius 2 is 2.27 bits per heavy atom. The highest BCUT2D eigenvalue weighted by Gasteiger charge is 2.26. The molecular weight excluding hydrogens is 192 g/mol. The summed E-state index contributed by atoms with van der Waals surface area (Å²) in [5.74, 6) is -0.351. The molecule has 0 saturated heterocycles. The van der Waals surface area contributed by atoms with E-state index in [-0.39, 0.29) is 11.7 Å². The minimum Gasteiger partial charge on any atom is -0.489 e. The zero-order chi connectivity index (χ0) is 10.8. The highest BCUT2D eigenvalue weighted by Crippen LogP contribution is 2.32. The zero-order valence-corrected chi connectivity index (χ0v) is 8.69. The van der Waals surface area contributed by atoms with Crippen molar-refractivity contribution in [3.63, 3.8) is 0 Å². The highest BCUT2D eigenvalue weighted by molar-refractivity contribution is 5.91. The standard InChI is InChI=1S/C12H14O3/c1-2-8-4-3-5-10(12(13)14)11(8)15-9-6-7-9/h3-5,9H,2,6-7H2,1H3,(H,13,14). The van der Waals surface area contributed by atoms with E-state index in [0.717, 1.165) is 24.8 Å². The summed E-state index contributed by atoms with van der Waals surface area (Å²) in [6.45, 7) is 2.00. The summed E-state index contributed by atoms with van der Waals surface area (Å²) in [6.07, 6.45) is 3.10. The first kappa shape index (κ1) is 10.0. The Balaban J connectivity index is 2.38. The van der Waals surface area contributed by atoms with Gasteiger partial charge in [-0.05, 0) is 30.9 Å². The van der Waals surface area contributed by atoms with E-state index in [1.165, 1.54) is 0 Å². The molecule has 1 aromatic carbocycles. The molecule has 1 N–H and O–H groups in total. The summed E-state index contributed by atoms with van der Waals surface area (Å²) in [4.78, 5) is 11.0. The van der Waals surface area contributed by atoms with Crippen molar-refractivity contribution in [2.75, 3.05) is 0 Å². The number of aryl methyl sites for hydroxylation is 1. The molecule has 0 spiro atoms. The summed E-state index contributed by atoms with van der Waals surface area (Å²) >= 11 is 0. The van der Waals surface area contributed by atoms with E-state index in [4.69, 9.17) is 9.84 Å². The number of hydrogen-bond donors (Lipinski definition) is 1. The van der Waals surface area contributed by atoms with Crippen molar-refractivity contribution in [2.45, 2.75) is 32.3 Å². The molecule has 1 aliphatic rings. The largest absolute Gasteiger partial charge is 0.489 e. The van der Waals surface area contributed by atoms with Gasteiger partial charge in [-0.1, -0.05) is 19.1 Å². The lowest BCUT2D eigenvalue weighted by Crippen LogP contribution is -2.07. The van der Waals surface area contributed by atoms with E-state index < -0.39 is 5.97 Å². The minimum atomic E-state index is -0.916. The monoisotopic (exact) mass is 206 g/mol. The fourth-order valence-corrected chi connectivity index (χ4v) is 1.52. The minimum absolute atomic E-state index is 0.232. The average Bonchev–Trinajstić information content (AvgIpc) is 3.01. The number of hydrogen-bond acceptors (Lipinski definition) is 2. The maximum atomic E-state index is 11.0.